The lowest BCUT2D eigenvalue weighted by molar-refractivity contribution is -0.384. The van der Waals surface area contributed by atoms with Crippen molar-refractivity contribution in [1.82, 2.24) is 0 Å². The van der Waals surface area contributed by atoms with Crippen LogP contribution >= 0.6 is 0 Å². The van der Waals surface area contributed by atoms with Crippen LogP contribution in [0.3, 0.4) is 0 Å². The number of ether oxygens (including phenoxy) is 3. The number of amides is 1. The molecule has 0 saturated heterocycles. The van der Waals surface area contributed by atoms with Crippen LogP contribution < -0.4 is 19.5 Å². The molecule has 0 aliphatic carbocycles. The van der Waals surface area contributed by atoms with Gasteiger partial charge in [0, 0.05) is 12.1 Å². The molecule has 0 aliphatic rings. The molecule has 0 spiro atoms. The molecule has 1 amide bonds. The van der Waals surface area contributed by atoms with Crippen LogP contribution in [0.25, 0.3) is 0 Å². The van der Waals surface area contributed by atoms with Gasteiger partial charge in [-0.05, 0) is 18.2 Å². The van der Waals surface area contributed by atoms with Gasteiger partial charge in [-0.25, -0.2) is 0 Å². The first kappa shape index (κ1) is 17.1. The van der Waals surface area contributed by atoms with Crippen LogP contribution in [0.4, 0.5) is 11.4 Å². The maximum Gasteiger partial charge on any atom is 0.273 e. The zero-order valence-electron chi connectivity index (χ0n) is 13.1. The smallest absolute Gasteiger partial charge is 0.273 e. The fourth-order valence-electron chi connectivity index (χ4n) is 1.92. The summed E-state index contributed by atoms with van der Waals surface area (Å²) in [6.45, 7) is -0.295. The van der Waals surface area contributed by atoms with Gasteiger partial charge in [-0.2, -0.15) is 0 Å². The maximum absolute atomic E-state index is 12.0. The number of benzene rings is 2. The molecule has 8 nitrogen and oxygen atoms in total. The highest BCUT2D eigenvalue weighted by atomic mass is 16.6. The van der Waals surface area contributed by atoms with Gasteiger partial charge in [0.2, 0.25) is 0 Å². The average molecular weight is 332 g/mol. The molecule has 2 rings (SSSR count). The van der Waals surface area contributed by atoms with Crippen molar-refractivity contribution in [2.45, 2.75) is 0 Å². The molecule has 2 aromatic carbocycles. The van der Waals surface area contributed by atoms with Crippen molar-refractivity contribution in [1.29, 1.82) is 0 Å². The number of hydrogen-bond donors (Lipinski definition) is 1. The molecule has 8 heteroatoms. The molecule has 0 bridgehead atoms. The van der Waals surface area contributed by atoms with Crippen LogP contribution in [0.2, 0.25) is 0 Å². The van der Waals surface area contributed by atoms with E-state index in [1.807, 2.05) is 0 Å². The Morgan fingerprint density at radius 1 is 1.12 bits per heavy atom. The fourth-order valence-corrected chi connectivity index (χ4v) is 1.92. The third-order valence-corrected chi connectivity index (χ3v) is 3.08. The minimum atomic E-state index is -0.533. The Hall–Kier alpha value is -3.29. The number of nitro benzene ring substituents is 1. The van der Waals surface area contributed by atoms with Gasteiger partial charge >= 0.3 is 0 Å². The van der Waals surface area contributed by atoms with Crippen LogP contribution in [-0.4, -0.2) is 31.7 Å². The molecule has 1 N–H and O–H groups in total. The van der Waals surface area contributed by atoms with Gasteiger partial charge < -0.3 is 19.5 Å². The summed E-state index contributed by atoms with van der Waals surface area (Å²) in [6.07, 6.45) is 0. The lowest BCUT2D eigenvalue weighted by Gasteiger charge is -2.12. The standard InChI is InChI=1S/C16H16N2O6/c1-22-12-6-7-14(15(9-12)23-2)17-16(19)10-24-13-5-3-4-11(8-13)18(20)21/h3-9H,10H2,1-2H3,(H,17,19). The normalized spacial score (nSPS) is 9.92. The van der Waals surface area contributed by atoms with E-state index in [0.29, 0.717) is 17.2 Å². The van der Waals surface area contributed by atoms with Crippen LogP contribution in [-0.2, 0) is 4.79 Å². The van der Waals surface area contributed by atoms with Crippen LogP contribution in [0.5, 0.6) is 17.2 Å². The highest BCUT2D eigenvalue weighted by molar-refractivity contribution is 5.93. The first-order chi connectivity index (χ1) is 11.5. The van der Waals surface area contributed by atoms with E-state index < -0.39 is 10.8 Å². The Morgan fingerprint density at radius 2 is 1.92 bits per heavy atom. The SMILES string of the molecule is COc1ccc(NC(=O)COc2cccc([N+](=O)[O-])c2)c(OC)c1. The van der Waals surface area contributed by atoms with Gasteiger partial charge in [0.1, 0.15) is 17.2 Å². The second kappa shape index (κ2) is 7.82. The Bertz CT molecular complexity index is 747. The number of methoxy groups -OCH3 is 2. The zero-order valence-corrected chi connectivity index (χ0v) is 13.1. The number of anilines is 1. The number of carbonyl (C=O) groups is 1. The van der Waals surface area contributed by atoms with Gasteiger partial charge in [0.15, 0.2) is 6.61 Å². The van der Waals surface area contributed by atoms with Crippen molar-refractivity contribution in [3.8, 4) is 17.2 Å². The van der Waals surface area contributed by atoms with Gasteiger partial charge in [0.05, 0.1) is 30.9 Å². The fraction of sp³-hybridized carbons (Fsp3) is 0.188. The second-order valence-corrected chi connectivity index (χ2v) is 4.66. The van der Waals surface area contributed by atoms with E-state index >= 15 is 0 Å². The minimum Gasteiger partial charge on any atom is -0.497 e. The lowest BCUT2D eigenvalue weighted by Crippen LogP contribution is -2.20. The van der Waals surface area contributed by atoms with Crippen molar-refractivity contribution >= 4 is 17.3 Å². The van der Waals surface area contributed by atoms with E-state index in [-0.39, 0.29) is 18.0 Å². The molecule has 126 valence electrons. The number of nitrogens with one attached hydrogen (secondary N) is 1. The molecule has 0 aromatic heterocycles. The third-order valence-electron chi connectivity index (χ3n) is 3.08. The van der Waals surface area contributed by atoms with Gasteiger partial charge in [-0.3, -0.25) is 14.9 Å². The predicted octanol–water partition coefficient (Wildman–Crippen LogP) is 2.63. The van der Waals surface area contributed by atoms with Crippen molar-refractivity contribution in [2.24, 2.45) is 0 Å². The Morgan fingerprint density at radius 3 is 2.58 bits per heavy atom. The van der Waals surface area contributed by atoms with E-state index in [1.54, 1.807) is 18.2 Å². The van der Waals surface area contributed by atoms with Crippen LogP contribution in [0.15, 0.2) is 42.5 Å². The molecule has 0 saturated carbocycles. The number of nitrogens with zero attached hydrogens (tertiary/aromatic N) is 1. The van der Waals surface area contributed by atoms with Crippen molar-refractivity contribution in [3.63, 3.8) is 0 Å². The molecule has 0 heterocycles. The number of nitro groups is 1. The van der Waals surface area contributed by atoms with Crippen LogP contribution in [0.1, 0.15) is 0 Å². The third kappa shape index (κ3) is 4.35. The largest absolute Gasteiger partial charge is 0.497 e. The van der Waals surface area contributed by atoms with E-state index in [9.17, 15) is 14.9 Å². The molecule has 0 atom stereocenters. The quantitative estimate of drug-likeness (QED) is 0.618. The second-order valence-electron chi connectivity index (χ2n) is 4.66. The summed E-state index contributed by atoms with van der Waals surface area (Å²) < 4.78 is 15.5. The number of hydrogen-bond acceptors (Lipinski definition) is 6. The summed E-state index contributed by atoms with van der Waals surface area (Å²) >= 11 is 0. The van der Waals surface area contributed by atoms with Crippen molar-refractivity contribution in [2.75, 3.05) is 26.1 Å². The molecule has 24 heavy (non-hydrogen) atoms. The number of non-ortho nitro benzene ring substituents is 1. The van der Waals surface area contributed by atoms with Crippen LogP contribution in [0, 0.1) is 10.1 Å². The molecular formula is C16H16N2O6. The monoisotopic (exact) mass is 332 g/mol. The summed E-state index contributed by atoms with van der Waals surface area (Å²) in [5.74, 6) is 0.849. The maximum atomic E-state index is 12.0. The first-order valence-corrected chi connectivity index (χ1v) is 6.92. The van der Waals surface area contributed by atoms with Gasteiger partial charge in [0.25, 0.3) is 11.6 Å². The van der Waals surface area contributed by atoms with E-state index in [2.05, 4.69) is 5.32 Å². The van der Waals surface area contributed by atoms with E-state index in [0.717, 1.165) is 0 Å². The highest BCUT2D eigenvalue weighted by Gasteiger charge is 2.11. The number of carbonyl (C=O) groups excluding carboxylic acids is 1. The van der Waals surface area contributed by atoms with Gasteiger partial charge in [-0.15, -0.1) is 0 Å². The number of rotatable bonds is 7. The Labute approximate surface area is 138 Å². The Kier molecular flexibility index (Phi) is 5.56. The summed E-state index contributed by atoms with van der Waals surface area (Å²) in [6, 6.07) is 10.6. The average Bonchev–Trinajstić information content (AvgIpc) is 2.60. The predicted molar refractivity (Wildman–Crippen MR) is 86.8 cm³/mol. The topological polar surface area (TPSA) is 99.9 Å². The Balaban J connectivity index is 1.99. The molecule has 0 radical (unpaired) electrons. The molecular weight excluding hydrogens is 316 g/mol. The summed E-state index contributed by atoms with van der Waals surface area (Å²) in [7, 11) is 3.00. The zero-order chi connectivity index (χ0) is 17.5. The first-order valence-electron chi connectivity index (χ1n) is 6.92. The molecule has 0 unspecified atom stereocenters. The molecule has 0 aliphatic heterocycles. The summed E-state index contributed by atoms with van der Waals surface area (Å²) in [4.78, 5) is 22.1. The van der Waals surface area contributed by atoms with Crippen molar-refractivity contribution in [3.05, 3.63) is 52.6 Å². The summed E-state index contributed by atoms with van der Waals surface area (Å²) in [5, 5.41) is 13.3. The van der Waals surface area contributed by atoms with E-state index in [4.69, 9.17) is 14.2 Å². The van der Waals surface area contributed by atoms with Gasteiger partial charge in [-0.1, -0.05) is 6.07 Å². The summed E-state index contributed by atoms with van der Waals surface area (Å²) in [5.41, 5.74) is 0.357. The molecule has 0 fully saturated rings. The van der Waals surface area contributed by atoms with E-state index in [1.165, 1.54) is 38.5 Å². The highest BCUT2D eigenvalue weighted by Crippen LogP contribution is 2.29. The molecule has 2 aromatic rings. The minimum absolute atomic E-state index is 0.107. The van der Waals surface area contributed by atoms with Crippen molar-refractivity contribution < 1.29 is 23.9 Å². The lowest BCUT2D eigenvalue weighted by atomic mass is 10.2.